The number of carbonyl (C=O) groups is 2. The molecule has 3 aromatic heterocycles. The largest absolute Gasteiger partial charge is 0.450 e. The van der Waals surface area contributed by atoms with Crippen molar-refractivity contribution in [2.24, 2.45) is 0 Å². The minimum atomic E-state index is -0.325. The molecule has 0 spiro atoms. The lowest BCUT2D eigenvalue weighted by Crippen LogP contribution is -2.50. The fourth-order valence-corrected chi connectivity index (χ4v) is 5.33. The zero-order valence-electron chi connectivity index (χ0n) is 19.7. The average Bonchev–Trinajstić information content (AvgIpc) is 3.49. The first-order chi connectivity index (χ1) is 16.5. The zero-order valence-corrected chi connectivity index (χ0v) is 20.5. The summed E-state index contributed by atoms with van der Waals surface area (Å²) in [5, 5.41) is 4.56. The predicted octanol–water partition coefficient (Wildman–Crippen LogP) is 3.80. The molecule has 1 saturated carbocycles. The second kappa shape index (κ2) is 9.17. The van der Waals surface area contributed by atoms with E-state index in [2.05, 4.69) is 30.0 Å². The van der Waals surface area contributed by atoms with E-state index >= 15 is 0 Å². The van der Waals surface area contributed by atoms with Gasteiger partial charge in [0.25, 0.3) is 11.9 Å². The number of ether oxygens (including phenoxy) is 1. The van der Waals surface area contributed by atoms with Crippen LogP contribution in [-0.4, -0.2) is 74.3 Å². The molecule has 1 saturated heterocycles. The minimum absolute atomic E-state index is 0.0582. The highest BCUT2D eigenvalue weighted by atomic mass is 32.1. The highest BCUT2D eigenvalue weighted by Crippen LogP contribution is 2.42. The number of hydrogen-bond acceptors (Lipinski definition) is 7. The average molecular weight is 481 g/mol. The van der Waals surface area contributed by atoms with E-state index in [9.17, 15) is 9.59 Å². The molecule has 1 aliphatic carbocycles. The summed E-state index contributed by atoms with van der Waals surface area (Å²) in [5.41, 5.74) is 3.44. The molecule has 1 aliphatic heterocycles. The van der Waals surface area contributed by atoms with E-state index in [1.165, 1.54) is 9.75 Å². The molecule has 0 bridgehead atoms. The predicted molar refractivity (Wildman–Crippen MR) is 128 cm³/mol. The summed E-state index contributed by atoms with van der Waals surface area (Å²) in [6, 6.07) is 4.05. The van der Waals surface area contributed by atoms with Gasteiger partial charge >= 0.3 is 6.09 Å². The Labute approximate surface area is 202 Å². The first-order valence-electron chi connectivity index (χ1n) is 11.7. The SMILES string of the molecule is CCOC(=O)N1CCN(C(=O)c2cnn(-c3nccc(-c4cc(C)sc4C)n3)c2C2CC2)CC1. The molecular weight excluding hydrogens is 452 g/mol. The fraction of sp³-hybridized carbons (Fsp3) is 0.458. The van der Waals surface area contributed by atoms with Gasteiger partial charge in [-0.1, -0.05) is 0 Å². The van der Waals surface area contributed by atoms with E-state index in [0.29, 0.717) is 44.3 Å². The molecule has 10 heteroatoms. The molecule has 0 radical (unpaired) electrons. The summed E-state index contributed by atoms with van der Waals surface area (Å²) in [6.07, 6.45) is 5.10. The third-order valence-electron chi connectivity index (χ3n) is 6.24. The van der Waals surface area contributed by atoms with E-state index in [0.717, 1.165) is 29.8 Å². The summed E-state index contributed by atoms with van der Waals surface area (Å²) in [7, 11) is 0. The quantitative estimate of drug-likeness (QED) is 0.551. The summed E-state index contributed by atoms with van der Waals surface area (Å²) in [4.78, 5) is 40.6. The van der Waals surface area contributed by atoms with Gasteiger partial charge in [0.05, 0.1) is 29.8 Å². The van der Waals surface area contributed by atoms with Crippen LogP contribution in [0, 0.1) is 13.8 Å². The first-order valence-corrected chi connectivity index (χ1v) is 12.5. The Kier molecular flexibility index (Phi) is 6.07. The second-order valence-electron chi connectivity index (χ2n) is 8.68. The molecule has 4 heterocycles. The fourth-order valence-electron chi connectivity index (χ4n) is 4.39. The second-order valence-corrected chi connectivity index (χ2v) is 10.1. The molecule has 5 rings (SSSR count). The van der Waals surface area contributed by atoms with Crippen molar-refractivity contribution < 1.29 is 14.3 Å². The van der Waals surface area contributed by atoms with E-state index in [1.807, 2.05) is 6.07 Å². The Hall–Kier alpha value is -3.27. The zero-order chi connectivity index (χ0) is 23.8. The molecule has 178 valence electrons. The Balaban J connectivity index is 1.40. The van der Waals surface area contributed by atoms with Crippen LogP contribution in [0.25, 0.3) is 17.2 Å². The summed E-state index contributed by atoms with van der Waals surface area (Å²) < 4.78 is 6.81. The maximum atomic E-state index is 13.4. The van der Waals surface area contributed by atoms with E-state index in [4.69, 9.17) is 9.72 Å². The summed E-state index contributed by atoms with van der Waals surface area (Å²) in [6.45, 7) is 8.17. The van der Waals surface area contributed by atoms with Crippen molar-refractivity contribution in [1.29, 1.82) is 0 Å². The van der Waals surface area contributed by atoms with Gasteiger partial charge in [-0.25, -0.2) is 19.4 Å². The van der Waals surface area contributed by atoms with Gasteiger partial charge in [-0.2, -0.15) is 5.10 Å². The van der Waals surface area contributed by atoms with Crippen LogP contribution in [0.5, 0.6) is 0 Å². The number of rotatable bonds is 5. The third kappa shape index (κ3) is 4.29. The number of aromatic nitrogens is 4. The minimum Gasteiger partial charge on any atom is -0.450 e. The van der Waals surface area contributed by atoms with Crippen molar-refractivity contribution in [1.82, 2.24) is 29.5 Å². The van der Waals surface area contributed by atoms with E-state index in [-0.39, 0.29) is 17.9 Å². The van der Waals surface area contributed by atoms with Crippen LogP contribution in [0.3, 0.4) is 0 Å². The molecule has 0 atom stereocenters. The molecule has 34 heavy (non-hydrogen) atoms. The van der Waals surface area contributed by atoms with Crippen LogP contribution in [0.4, 0.5) is 4.79 Å². The van der Waals surface area contributed by atoms with Gasteiger partial charge in [-0.15, -0.1) is 11.3 Å². The van der Waals surface area contributed by atoms with Gasteiger partial charge in [0.15, 0.2) is 0 Å². The van der Waals surface area contributed by atoms with Gasteiger partial charge in [-0.3, -0.25) is 4.79 Å². The Bertz CT molecular complexity index is 1220. The standard InChI is InChI=1S/C24H28N6O3S/c1-4-33-24(32)29-11-9-28(10-12-29)22(31)19-14-26-30(21(19)17-5-6-17)23-25-8-7-20(27-23)18-13-15(2)34-16(18)3/h7-8,13-14,17H,4-6,9-12H2,1-3H3. The van der Waals surface area contributed by atoms with Gasteiger partial charge in [0, 0.05) is 53.6 Å². The summed E-state index contributed by atoms with van der Waals surface area (Å²) >= 11 is 1.75. The van der Waals surface area contributed by atoms with E-state index in [1.54, 1.807) is 45.1 Å². The van der Waals surface area contributed by atoms with Crippen LogP contribution < -0.4 is 0 Å². The number of aryl methyl sites for hydroxylation is 2. The topological polar surface area (TPSA) is 93.5 Å². The monoisotopic (exact) mass is 480 g/mol. The maximum absolute atomic E-state index is 13.4. The van der Waals surface area contributed by atoms with Crippen molar-refractivity contribution in [3.8, 4) is 17.2 Å². The van der Waals surface area contributed by atoms with Gasteiger partial charge in [0.1, 0.15) is 0 Å². The first kappa shape index (κ1) is 22.5. The van der Waals surface area contributed by atoms with Crippen molar-refractivity contribution in [3.05, 3.63) is 45.5 Å². The maximum Gasteiger partial charge on any atom is 0.409 e. The molecule has 9 nitrogen and oxygen atoms in total. The summed E-state index contributed by atoms with van der Waals surface area (Å²) in [5.74, 6) is 0.700. The van der Waals surface area contributed by atoms with Crippen LogP contribution in [0.15, 0.2) is 24.5 Å². The third-order valence-corrected chi connectivity index (χ3v) is 7.21. The highest BCUT2D eigenvalue weighted by molar-refractivity contribution is 7.12. The van der Waals surface area contributed by atoms with Crippen molar-refractivity contribution >= 4 is 23.3 Å². The Morgan fingerprint density at radius 3 is 2.53 bits per heavy atom. The van der Waals surface area contributed by atoms with Gasteiger partial charge < -0.3 is 14.5 Å². The van der Waals surface area contributed by atoms with Crippen LogP contribution >= 0.6 is 11.3 Å². The molecule has 0 aromatic carbocycles. The Morgan fingerprint density at radius 2 is 1.88 bits per heavy atom. The molecule has 2 fully saturated rings. The molecule has 2 aliphatic rings. The van der Waals surface area contributed by atoms with Gasteiger partial charge in [-0.05, 0) is 45.7 Å². The van der Waals surface area contributed by atoms with E-state index < -0.39 is 0 Å². The molecular formula is C24H28N6O3S. The molecule has 0 N–H and O–H groups in total. The molecule has 2 amide bonds. The highest BCUT2D eigenvalue weighted by Gasteiger charge is 2.36. The molecule has 0 unspecified atom stereocenters. The number of amides is 2. The van der Waals surface area contributed by atoms with Gasteiger partial charge in [0.2, 0.25) is 0 Å². The van der Waals surface area contributed by atoms with Crippen LogP contribution in [-0.2, 0) is 4.74 Å². The lowest BCUT2D eigenvalue weighted by Gasteiger charge is -2.34. The smallest absolute Gasteiger partial charge is 0.409 e. The normalized spacial score (nSPS) is 16.1. The van der Waals surface area contributed by atoms with Crippen LogP contribution in [0.2, 0.25) is 0 Å². The number of carbonyl (C=O) groups excluding carboxylic acids is 2. The van der Waals surface area contributed by atoms with Crippen molar-refractivity contribution in [2.45, 2.75) is 39.5 Å². The lowest BCUT2D eigenvalue weighted by molar-refractivity contribution is 0.0569. The van der Waals surface area contributed by atoms with Crippen molar-refractivity contribution in [2.75, 3.05) is 32.8 Å². The molecule has 3 aromatic rings. The number of nitrogens with zero attached hydrogens (tertiary/aromatic N) is 6. The Morgan fingerprint density at radius 1 is 1.15 bits per heavy atom. The van der Waals surface area contributed by atoms with Crippen LogP contribution in [0.1, 0.15) is 51.5 Å². The number of thiophene rings is 1. The number of hydrogen-bond donors (Lipinski definition) is 0. The van der Waals surface area contributed by atoms with Crippen molar-refractivity contribution in [3.63, 3.8) is 0 Å². The number of piperazine rings is 1. The lowest BCUT2D eigenvalue weighted by atomic mass is 10.1.